The van der Waals surface area contributed by atoms with Crippen molar-refractivity contribution in [2.45, 2.75) is 18.9 Å². The molecule has 2 aliphatic rings. The number of piperazine rings is 1. The lowest BCUT2D eigenvalue weighted by Crippen LogP contribution is -2.52. The Morgan fingerprint density at radius 2 is 1.91 bits per heavy atom. The van der Waals surface area contributed by atoms with Crippen LogP contribution in [-0.4, -0.2) is 62.2 Å². The first-order valence-electron chi connectivity index (χ1n) is 8.21. The first-order valence-corrected chi connectivity index (χ1v) is 8.21. The molecule has 0 aliphatic carbocycles. The number of nitrogens with zero attached hydrogens (tertiary/aromatic N) is 3. The summed E-state index contributed by atoms with van der Waals surface area (Å²) in [5.41, 5.74) is 1.02. The van der Waals surface area contributed by atoms with E-state index in [1.54, 1.807) is 6.07 Å². The van der Waals surface area contributed by atoms with Crippen LogP contribution in [0, 0.1) is 10.1 Å². The highest BCUT2D eigenvalue weighted by atomic mass is 16.6. The van der Waals surface area contributed by atoms with Crippen molar-refractivity contribution in [3.8, 4) is 5.75 Å². The predicted octanol–water partition coefficient (Wildman–Crippen LogP) is 1.48. The zero-order chi connectivity index (χ0) is 16.2. The van der Waals surface area contributed by atoms with E-state index < -0.39 is 4.92 Å². The van der Waals surface area contributed by atoms with Crippen molar-refractivity contribution < 1.29 is 9.66 Å². The highest BCUT2D eigenvalue weighted by Crippen LogP contribution is 2.32. The molecule has 2 saturated heterocycles. The van der Waals surface area contributed by atoms with E-state index in [2.05, 4.69) is 15.1 Å². The van der Waals surface area contributed by atoms with Crippen LogP contribution in [0.1, 0.15) is 12.8 Å². The number of nitro groups is 1. The molecule has 0 spiro atoms. The van der Waals surface area contributed by atoms with Gasteiger partial charge in [-0.3, -0.25) is 15.0 Å². The second-order valence-electron chi connectivity index (χ2n) is 6.12. The average Bonchev–Trinajstić information content (AvgIpc) is 2.62. The minimum absolute atomic E-state index is 0.0181. The summed E-state index contributed by atoms with van der Waals surface area (Å²) >= 11 is 0. The molecule has 1 aromatic carbocycles. The van der Waals surface area contributed by atoms with Crippen molar-refractivity contribution in [2.24, 2.45) is 0 Å². The van der Waals surface area contributed by atoms with Crippen LogP contribution >= 0.6 is 0 Å². The Kier molecular flexibility index (Phi) is 4.97. The minimum Gasteiger partial charge on any atom is -0.490 e. The SMILES string of the molecule is COc1cc(N2CCN(C3CCNCC3)CC2)ccc1[N+](=O)[O-]. The summed E-state index contributed by atoms with van der Waals surface area (Å²) < 4.78 is 5.17. The first-order chi connectivity index (χ1) is 11.2. The van der Waals surface area contributed by atoms with Gasteiger partial charge in [0.2, 0.25) is 0 Å². The van der Waals surface area contributed by atoms with Crippen molar-refractivity contribution in [2.75, 3.05) is 51.3 Å². The normalized spacial score (nSPS) is 20.5. The van der Waals surface area contributed by atoms with Gasteiger partial charge >= 0.3 is 5.69 Å². The Labute approximate surface area is 136 Å². The van der Waals surface area contributed by atoms with Gasteiger partial charge in [0.05, 0.1) is 12.0 Å². The Balaban J connectivity index is 1.64. The standard InChI is InChI=1S/C16H24N4O3/c1-23-16-12-14(2-3-15(16)20(21)22)19-10-8-18(9-11-19)13-4-6-17-7-5-13/h2-3,12-13,17H,4-11H2,1H3. The molecule has 3 rings (SSSR count). The van der Waals surface area contributed by atoms with Gasteiger partial charge in [-0.2, -0.15) is 0 Å². The van der Waals surface area contributed by atoms with Crippen LogP contribution in [0.25, 0.3) is 0 Å². The number of hydrogen-bond donors (Lipinski definition) is 1. The second kappa shape index (κ2) is 7.14. The van der Waals surface area contributed by atoms with Gasteiger partial charge in [0.1, 0.15) is 0 Å². The summed E-state index contributed by atoms with van der Waals surface area (Å²) in [4.78, 5) is 15.4. The molecule has 2 aliphatic heterocycles. The molecule has 0 aromatic heterocycles. The number of hydrogen-bond acceptors (Lipinski definition) is 6. The number of piperidine rings is 1. The molecule has 23 heavy (non-hydrogen) atoms. The number of nitrogens with one attached hydrogen (secondary N) is 1. The maximum Gasteiger partial charge on any atom is 0.311 e. The maximum absolute atomic E-state index is 11.0. The lowest BCUT2D eigenvalue weighted by Gasteiger charge is -2.41. The molecule has 7 nitrogen and oxygen atoms in total. The largest absolute Gasteiger partial charge is 0.490 e. The van der Waals surface area contributed by atoms with Gasteiger partial charge in [0, 0.05) is 50.0 Å². The lowest BCUT2D eigenvalue weighted by atomic mass is 10.0. The third-order valence-electron chi connectivity index (χ3n) is 4.86. The highest BCUT2D eigenvalue weighted by Gasteiger charge is 2.26. The smallest absolute Gasteiger partial charge is 0.311 e. The van der Waals surface area contributed by atoms with Crippen LogP contribution in [0.5, 0.6) is 5.75 Å². The van der Waals surface area contributed by atoms with Crippen molar-refractivity contribution in [1.82, 2.24) is 10.2 Å². The quantitative estimate of drug-likeness (QED) is 0.669. The zero-order valence-corrected chi connectivity index (χ0v) is 13.5. The minimum atomic E-state index is -0.405. The van der Waals surface area contributed by atoms with Crippen molar-refractivity contribution in [3.63, 3.8) is 0 Å². The van der Waals surface area contributed by atoms with E-state index in [0.717, 1.165) is 45.0 Å². The summed E-state index contributed by atoms with van der Waals surface area (Å²) in [6.07, 6.45) is 2.46. The van der Waals surface area contributed by atoms with Crippen LogP contribution in [0.4, 0.5) is 11.4 Å². The van der Waals surface area contributed by atoms with Crippen LogP contribution in [0.3, 0.4) is 0 Å². The molecule has 7 heteroatoms. The summed E-state index contributed by atoms with van der Waals surface area (Å²) in [6, 6.07) is 5.83. The van der Waals surface area contributed by atoms with Gasteiger partial charge in [-0.1, -0.05) is 0 Å². The van der Waals surface area contributed by atoms with Crippen LogP contribution in [0.2, 0.25) is 0 Å². The molecule has 0 amide bonds. The Bertz CT molecular complexity index is 552. The summed E-state index contributed by atoms with van der Waals surface area (Å²) in [7, 11) is 1.47. The Morgan fingerprint density at radius 1 is 1.22 bits per heavy atom. The molecule has 0 unspecified atom stereocenters. The van der Waals surface area contributed by atoms with E-state index in [1.807, 2.05) is 6.07 Å². The summed E-state index contributed by atoms with van der Waals surface area (Å²) in [5.74, 6) is 0.327. The maximum atomic E-state index is 11.0. The van der Waals surface area contributed by atoms with E-state index >= 15 is 0 Å². The van der Waals surface area contributed by atoms with E-state index in [0.29, 0.717) is 11.8 Å². The van der Waals surface area contributed by atoms with E-state index in [4.69, 9.17) is 4.74 Å². The molecular weight excluding hydrogens is 296 g/mol. The summed E-state index contributed by atoms with van der Waals surface area (Å²) in [6.45, 7) is 6.22. The number of rotatable bonds is 4. The van der Waals surface area contributed by atoms with Gasteiger partial charge in [-0.05, 0) is 32.0 Å². The molecule has 0 atom stereocenters. The molecular formula is C16H24N4O3. The zero-order valence-electron chi connectivity index (χ0n) is 13.5. The van der Waals surface area contributed by atoms with Crippen LogP contribution in [0.15, 0.2) is 18.2 Å². The fourth-order valence-electron chi connectivity index (χ4n) is 3.53. The second-order valence-corrected chi connectivity index (χ2v) is 6.12. The topological polar surface area (TPSA) is 70.9 Å². The number of methoxy groups -OCH3 is 1. The number of ether oxygens (including phenoxy) is 1. The highest BCUT2D eigenvalue weighted by molar-refractivity contribution is 5.59. The van der Waals surface area contributed by atoms with Crippen molar-refractivity contribution >= 4 is 11.4 Å². The fraction of sp³-hybridized carbons (Fsp3) is 0.625. The van der Waals surface area contributed by atoms with E-state index in [1.165, 1.54) is 26.0 Å². The lowest BCUT2D eigenvalue weighted by molar-refractivity contribution is -0.385. The first kappa shape index (κ1) is 16.0. The van der Waals surface area contributed by atoms with E-state index in [9.17, 15) is 10.1 Å². The molecule has 0 radical (unpaired) electrons. The van der Waals surface area contributed by atoms with Crippen molar-refractivity contribution in [3.05, 3.63) is 28.3 Å². The molecule has 1 N–H and O–H groups in total. The predicted molar refractivity (Wildman–Crippen MR) is 89.3 cm³/mol. The average molecular weight is 320 g/mol. The molecule has 0 saturated carbocycles. The molecule has 2 heterocycles. The molecule has 126 valence electrons. The third-order valence-corrected chi connectivity index (χ3v) is 4.86. The third kappa shape index (κ3) is 3.56. The number of anilines is 1. The van der Waals surface area contributed by atoms with Gasteiger partial charge in [-0.25, -0.2) is 0 Å². The Hall–Kier alpha value is -1.86. The van der Waals surface area contributed by atoms with Gasteiger partial charge in [-0.15, -0.1) is 0 Å². The summed E-state index contributed by atoms with van der Waals surface area (Å²) in [5, 5.41) is 14.4. The molecule has 2 fully saturated rings. The van der Waals surface area contributed by atoms with E-state index in [-0.39, 0.29) is 5.69 Å². The van der Waals surface area contributed by atoms with Gasteiger partial charge < -0.3 is 15.0 Å². The van der Waals surface area contributed by atoms with Gasteiger partial charge in [0.15, 0.2) is 5.75 Å². The van der Waals surface area contributed by atoms with Crippen LogP contribution < -0.4 is 15.0 Å². The van der Waals surface area contributed by atoms with Gasteiger partial charge in [0.25, 0.3) is 0 Å². The Morgan fingerprint density at radius 3 is 2.52 bits per heavy atom. The molecule has 0 bridgehead atoms. The van der Waals surface area contributed by atoms with Crippen LogP contribution in [-0.2, 0) is 0 Å². The van der Waals surface area contributed by atoms with Crippen molar-refractivity contribution in [1.29, 1.82) is 0 Å². The molecule has 1 aromatic rings. The fourth-order valence-corrected chi connectivity index (χ4v) is 3.53. The monoisotopic (exact) mass is 320 g/mol. The number of nitro benzene ring substituents is 1. The number of benzene rings is 1.